The number of amides is 2. The van der Waals surface area contributed by atoms with Crippen LogP contribution in [0.15, 0.2) is 53.8 Å². The van der Waals surface area contributed by atoms with E-state index in [1.165, 1.54) is 4.68 Å². The van der Waals surface area contributed by atoms with Gasteiger partial charge in [0.05, 0.1) is 54.4 Å². The van der Waals surface area contributed by atoms with Crippen molar-refractivity contribution in [3.05, 3.63) is 70.8 Å². The number of hydrogen-bond donors (Lipinski definition) is 1. The van der Waals surface area contributed by atoms with E-state index in [-0.39, 0.29) is 40.9 Å². The molecule has 20 heteroatoms. The number of aryl methyl sites for hydroxylation is 1. The number of benzene rings is 1. The van der Waals surface area contributed by atoms with E-state index < -0.39 is 18.4 Å². The molecule has 6 aromatic rings. The molecule has 11 rings (SSSR count). The zero-order valence-electron chi connectivity index (χ0n) is 34.4. The number of nitrogens with one attached hydrogen (secondary N) is 1. The van der Waals surface area contributed by atoms with Gasteiger partial charge in [-0.15, -0.1) is 5.10 Å². The van der Waals surface area contributed by atoms with Crippen molar-refractivity contribution in [1.29, 1.82) is 0 Å². The molecule has 0 radical (unpaired) electrons. The number of anilines is 1. The summed E-state index contributed by atoms with van der Waals surface area (Å²) < 4.78 is 42.3. The fourth-order valence-electron chi connectivity index (χ4n) is 10.7. The van der Waals surface area contributed by atoms with E-state index in [1.807, 2.05) is 24.4 Å². The van der Waals surface area contributed by atoms with Crippen LogP contribution in [0.1, 0.15) is 68.3 Å². The summed E-state index contributed by atoms with van der Waals surface area (Å²) in [7, 11) is 1.75. The Kier molecular flexibility index (Phi) is 9.56. The van der Waals surface area contributed by atoms with Crippen molar-refractivity contribution in [2.75, 3.05) is 63.9 Å². The quantitative estimate of drug-likeness (QED) is 0.200. The first kappa shape index (κ1) is 39.0. The van der Waals surface area contributed by atoms with Crippen LogP contribution >= 0.6 is 0 Å². The Bertz CT molecular complexity index is 2740. The van der Waals surface area contributed by atoms with E-state index in [0.717, 1.165) is 88.4 Å². The third-order valence-electron chi connectivity index (χ3n) is 13.7. The number of hydrogen-bond acceptors (Lipinski definition) is 12. The lowest BCUT2D eigenvalue weighted by Gasteiger charge is -2.61. The van der Waals surface area contributed by atoms with E-state index in [0.29, 0.717) is 54.5 Å². The number of para-hydroxylation sites is 1. The summed E-state index contributed by atoms with van der Waals surface area (Å²) in [6.45, 7) is 8.59. The highest BCUT2D eigenvalue weighted by Crippen LogP contribution is 2.43. The number of aromatic nitrogens is 10. The highest BCUT2D eigenvalue weighted by molar-refractivity contribution is 6.00. The fourth-order valence-corrected chi connectivity index (χ4v) is 10.7. The number of ether oxygens (including phenoxy) is 1. The average Bonchev–Trinajstić information content (AvgIpc) is 4.05. The number of nitrogens with zero attached hydrogens (tertiary/aromatic N) is 13. The van der Waals surface area contributed by atoms with Crippen LogP contribution in [0.2, 0.25) is 0 Å². The predicted octanol–water partition coefficient (Wildman–Crippen LogP) is 3.13. The summed E-state index contributed by atoms with van der Waals surface area (Å²) in [6.07, 6.45) is 8.31. The molecule has 1 aromatic carbocycles. The summed E-state index contributed by atoms with van der Waals surface area (Å²) in [5.41, 5.74) is 4.25. The zero-order valence-corrected chi connectivity index (χ0v) is 34.4. The van der Waals surface area contributed by atoms with Crippen LogP contribution in [0.4, 0.5) is 14.6 Å². The molecule has 18 nitrogen and oxygen atoms in total. The first-order valence-electron chi connectivity index (χ1n) is 21.5. The molecule has 9 heterocycles. The number of likely N-dealkylation sites (tertiary alicyclic amines) is 2. The van der Waals surface area contributed by atoms with Gasteiger partial charge in [0.25, 0.3) is 6.43 Å². The van der Waals surface area contributed by atoms with Gasteiger partial charge in [0.1, 0.15) is 23.2 Å². The molecule has 324 valence electrons. The summed E-state index contributed by atoms with van der Waals surface area (Å²) in [6, 6.07) is 7.11. The largest absolute Gasteiger partial charge is 0.378 e. The van der Waals surface area contributed by atoms with Gasteiger partial charge in [-0.25, -0.2) is 27.8 Å². The van der Waals surface area contributed by atoms with Gasteiger partial charge in [0.2, 0.25) is 11.8 Å². The van der Waals surface area contributed by atoms with Gasteiger partial charge >= 0.3 is 5.69 Å². The zero-order chi connectivity index (χ0) is 42.3. The lowest BCUT2D eigenvalue weighted by atomic mass is 9.72. The Labute approximate surface area is 354 Å². The van der Waals surface area contributed by atoms with Crippen LogP contribution in [0.3, 0.4) is 0 Å². The van der Waals surface area contributed by atoms with Gasteiger partial charge in [-0.3, -0.25) is 33.6 Å². The number of alkyl halides is 2. The number of halogens is 2. The number of carbonyl (C=O) groups is 2. The van der Waals surface area contributed by atoms with E-state index in [4.69, 9.17) is 9.72 Å². The van der Waals surface area contributed by atoms with E-state index in [2.05, 4.69) is 46.6 Å². The highest BCUT2D eigenvalue weighted by atomic mass is 19.3. The Morgan fingerprint density at radius 3 is 2.53 bits per heavy atom. The minimum atomic E-state index is -2.78. The molecule has 5 aliphatic rings. The number of imidazole rings is 1. The molecule has 1 spiro atoms. The smallest absolute Gasteiger partial charge is 0.329 e. The van der Waals surface area contributed by atoms with Gasteiger partial charge in [-0.05, 0) is 55.7 Å². The third-order valence-corrected chi connectivity index (χ3v) is 13.7. The predicted molar refractivity (Wildman–Crippen MR) is 221 cm³/mol. The van der Waals surface area contributed by atoms with Gasteiger partial charge < -0.3 is 14.5 Å². The van der Waals surface area contributed by atoms with Gasteiger partial charge in [0.15, 0.2) is 11.3 Å². The SMILES string of the molecule is Cn1c(=O)n(C2CCC(=O)NC2=O)c2cccc(CN3CC4(C3)CN(CC3CCC(n5cc(-n6cc(-c7cnn8ccc(N9CCOCC9)nc78)nn6)c(C(F)F)n5)CC3)C4)c21. The molecule has 4 saturated heterocycles. The maximum atomic E-state index is 14.4. The van der Waals surface area contributed by atoms with Crippen LogP contribution in [0.25, 0.3) is 33.6 Å². The van der Waals surface area contributed by atoms with Gasteiger partial charge in [-0.1, -0.05) is 17.3 Å². The molecule has 1 unspecified atom stereocenters. The van der Waals surface area contributed by atoms with E-state index >= 15 is 0 Å². The number of imide groups is 1. The highest BCUT2D eigenvalue weighted by Gasteiger charge is 2.51. The number of morpholine rings is 1. The Morgan fingerprint density at radius 2 is 1.76 bits per heavy atom. The second-order valence-corrected chi connectivity index (χ2v) is 17.9. The fraction of sp³-hybridized carbons (Fsp3) is 0.524. The maximum absolute atomic E-state index is 14.4. The minimum Gasteiger partial charge on any atom is -0.378 e. The minimum absolute atomic E-state index is 0.0238. The van der Waals surface area contributed by atoms with Gasteiger partial charge in [-0.2, -0.15) is 10.2 Å². The van der Waals surface area contributed by atoms with Crippen LogP contribution in [0.5, 0.6) is 0 Å². The standard InChI is InChI=1S/C42H48F2N14O4/c1-51-37-27(3-2-4-31(37)58(41(51)61)32-9-10-35(59)47-40(32)60)19-53-24-42(25-53)22-52(23-42)18-26-5-7-28(8-6-26)56-21-33(36(49-56)38(43)44)57-20-30(48-50-57)29-17-45-55-12-11-34(46-39(29)55)54-13-15-62-16-14-54/h2-4,11-12,17,20-21,26,28,32,38H,5-10,13-16,18-19,22-25H2,1H3,(H,47,59,60). The first-order chi connectivity index (χ1) is 30.1. The molecule has 4 aliphatic heterocycles. The van der Waals surface area contributed by atoms with Crippen molar-refractivity contribution in [3.8, 4) is 16.9 Å². The van der Waals surface area contributed by atoms with Crippen molar-refractivity contribution in [1.82, 2.24) is 63.6 Å². The topological polar surface area (TPSA) is 171 Å². The second-order valence-electron chi connectivity index (χ2n) is 17.9. The second kappa shape index (κ2) is 15.2. The van der Waals surface area contributed by atoms with Crippen molar-refractivity contribution in [2.45, 2.75) is 63.6 Å². The molecule has 1 atom stereocenters. The normalized spacial score (nSPS) is 23.4. The number of rotatable bonds is 10. The van der Waals surface area contributed by atoms with Crippen molar-refractivity contribution in [3.63, 3.8) is 0 Å². The molecule has 0 bridgehead atoms. The summed E-state index contributed by atoms with van der Waals surface area (Å²) in [4.78, 5) is 49.8. The molecule has 1 N–H and O–H groups in total. The van der Waals surface area contributed by atoms with Crippen LogP contribution in [0, 0.1) is 11.3 Å². The molecular formula is C42H48F2N14O4. The van der Waals surface area contributed by atoms with Gasteiger partial charge in [0, 0.05) is 77.4 Å². The monoisotopic (exact) mass is 850 g/mol. The van der Waals surface area contributed by atoms with Crippen molar-refractivity contribution < 1.29 is 23.1 Å². The van der Waals surface area contributed by atoms with Crippen LogP contribution in [-0.4, -0.2) is 129 Å². The molecule has 1 aliphatic carbocycles. The van der Waals surface area contributed by atoms with E-state index in [9.17, 15) is 23.2 Å². The van der Waals surface area contributed by atoms with Crippen molar-refractivity contribution in [2.24, 2.45) is 18.4 Å². The van der Waals surface area contributed by atoms with Crippen LogP contribution < -0.4 is 15.9 Å². The lowest BCUT2D eigenvalue weighted by molar-refractivity contribution is -0.135. The molecule has 2 amide bonds. The van der Waals surface area contributed by atoms with E-state index in [1.54, 1.807) is 44.0 Å². The molecule has 5 fully saturated rings. The first-order valence-corrected chi connectivity index (χ1v) is 21.5. The summed E-state index contributed by atoms with van der Waals surface area (Å²) in [5, 5.41) is 19.8. The average molecular weight is 851 g/mol. The Morgan fingerprint density at radius 1 is 0.968 bits per heavy atom. The number of carbonyl (C=O) groups excluding carboxylic acids is 2. The Hall–Kier alpha value is -5.86. The molecule has 62 heavy (non-hydrogen) atoms. The molecule has 1 saturated carbocycles. The summed E-state index contributed by atoms with van der Waals surface area (Å²) in [5.74, 6) is 0.615. The number of piperidine rings is 1. The Balaban J connectivity index is 0.693. The van der Waals surface area contributed by atoms with Crippen LogP contribution in [-0.2, 0) is 27.9 Å². The summed E-state index contributed by atoms with van der Waals surface area (Å²) >= 11 is 0. The third kappa shape index (κ3) is 6.78. The maximum Gasteiger partial charge on any atom is 0.329 e. The van der Waals surface area contributed by atoms with Crippen molar-refractivity contribution >= 4 is 34.3 Å². The number of fused-ring (bicyclic) bond motifs is 2. The molecular weight excluding hydrogens is 803 g/mol. The lowest BCUT2D eigenvalue weighted by Crippen LogP contribution is -2.72. The molecule has 5 aromatic heterocycles.